The molecule has 0 atom stereocenters. The Kier molecular flexibility index (Phi) is 5.31. The Hall–Kier alpha value is -2.44. The SMILES string of the molecule is O=C(Cc1cccc([N+](=O)[O-])c1)NC1(C(=O)O)CCCCCC1. The lowest BCUT2D eigenvalue weighted by Gasteiger charge is -2.29. The van der Waals surface area contributed by atoms with E-state index < -0.39 is 22.3 Å². The first kappa shape index (κ1) is 16.9. The third-order valence-corrected chi connectivity index (χ3v) is 4.23. The molecule has 7 heteroatoms. The Morgan fingerprint density at radius 2 is 1.87 bits per heavy atom. The van der Waals surface area contributed by atoms with Gasteiger partial charge < -0.3 is 10.4 Å². The van der Waals surface area contributed by atoms with Crippen LogP contribution in [0.4, 0.5) is 5.69 Å². The van der Waals surface area contributed by atoms with Crippen LogP contribution >= 0.6 is 0 Å². The van der Waals surface area contributed by atoms with Gasteiger partial charge in [-0.3, -0.25) is 14.9 Å². The molecule has 23 heavy (non-hydrogen) atoms. The van der Waals surface area contributed by atoms with E-state index in [0.717, 1.165) is 25.7 Å². The van der Waals surface area contributed by atoms with Crippen molar-refractivity contribution in [3.63, 3.8) is 0 Å². The van der Waals surface area contributed by atoms with Gasteiger partial charge in [0.25, 0.3) is 5.69 Å². The maximum atomic E-state index is 12.2. The highest BCUT2D eigenvalue weighted by Gasteiger charge is 2.39. The van der Waals surface area contributed by atoms with Crippen molar-refractivity contribution in [1.29, 1.82) is 0 Å². The molecule has 1 aliphatic carbocycles. The third kappa shape index (κ3) is 4.28. The number of rotatable bonds is 5. The van der Waals surface area contributed by atoms with Gasteiger partial charge in [0, 0.05) is 12.1 Å². The molecule has 1 aromatic carbocycles. The molecule has 1 amide bonds. The van der Waals surface area contributed by atoms with Gasteiger partial charge in [0.15, 0.2) is 0 Å². The lowest BCUT2D eigenvalue weighted by molar-refractivity contribution is -0.384. The molecular weight excluding hydrogens is 300 g/mol. The van der Waals surface area contributed by atoms with Gasteiger partial charge in [0.05, 0.1) is 11.3 Å². The molecule has 0 aromatic heterocycles. The molecule has 0 heterocycles. The molecule has 0 radical (unpaired) electrons. The summed E-state index contributed by atoms with van der Waals surface area (Å²) < 4.78 is 0. The van der Waals surface area contributed by atoms with Gasteiger partial charge in [-0.2, -0.15) is 0 Å². The zero-order valence-electron chi connectivity index (χ0n) is 12.8. The summed E-state index contributed by atoms with van der Waals surface area (Å²) in [6.07, 6.45) is 4.24. The van der Waals surface area contributed by atoms with Gasteiger partial charge in [-0.25, -0.2) is 4.79 Å². The van der Waals surface area contributed by atoms with E-state index in [0.29, 0.717) is 18.4 Å². The molecule has 0 aliphatic heterocycles. The molecule has 124 valence electrons. The van der Waals surface area contributed by atoms with E-state index in [9.17, 15) is 24.8 Å². The summed E-state index contributed by atoms with van der Waals surface area (Å²) in [7, 11) is 0. The third-order valence-electron chi connectivity index (χ3n) is 4.23. The largest absolute Gasteiger partial charge is 0.480 e. The molecule has 0 saturated heterocycles. The Balaban J connectivity index is 2.09. The van der Waals surface area contributed by atoms with Crippen LogP contribution in [0.25, 0.3) is 0 Å². The summed E-state index contributed by atoms with van der Waals surface area (Å²) in [5.74, 6) is -1.43. The van der Waals surface area contributed by atoms with E-state index in [1.807, 2.05) is 0 Å². The molecule has 0 spiro atoms. The Morgan fingerprint density at radius 3 is 2.43 bits per heavy atom. The predicted molar refractivity (Wildman–Crippen MR) is 83.0 cm³/mol. The number of carbonyl (C=O) groups is 2. The second kappa shape index (κ2) is 7.21. The van der Waals surface area contributed by atoms with Crippen molar-refractivity contribution >= 4 is 17.6 Å². The van der Waals surface area contributed by atoms with Crippen molar-refractivity contribution in [3.05, 3.63) is 39.9 Å². The first-order valence-corrected chi connectivity index (χ1v) is 7.71. The molecule has 1 aromatic rings. The standard InChI is InChI=1S/C16H20N2O5/c19-14(11-12-6-5-7-13(10-12)18(22)23)17-16(15(20)21)8-3-1-2-4-9-16/h5-7,10H,1-4,8-9,11H2,(H,17,19)(H,20,21). The van der Waals surface area contributed by atoms with Crippen molar-refractivity contribution < 1.29 is 19.6 Å². The number of non-ortho nitro benzene ring substituents is 1. The van der Waals surface area contributed by atoms with Gasteiger partial charge in [-0.05, 0) is 18.4 Å². The van der Waals surface area contributed by atoms with Crippen LogP contribution in [-0.4, -0.2) is 27.4 Å². The molecule has 7 nitrogen and oxygen atoms in total. The van der Waals surface area contributed by atoms with E-state index in [1.54, 1.807) is 6.07 Å². The molecule has 2 rings (SSSR count). The Morgan fingerprint density at radius 1 is 1.22 bits per heavy atom. The summed E-state index contributed by atoms with van der Waals surface area (Å²) in [5, 5.41) is 23.0. The highest BCUT2D eigenvalue weighted by Crippen LogP contribution is 2.27. The number of hydrogen-bond donors (Lipinski definition) is 2. The number of benzene rings is 1. The lowest BCUT2D eigenvalue weighted by Crippen LogP contribution is -2.54. The molecule has 1 saturated carbocycles. The quantitative estimate of drug-likeness (QED) is 0.492. The fraction of sp³-hybridized carbons (Fsp3) is 0.500. The maximum Gasteiger partial charge on any atom is 0.329 e. The van der Waals surface area contributed by atoms with Crippen molar-refractivity contribution in [1.82, 2.24) is 5.32 Å². The van der Waals surface area contributed by atoms with E-state index in [2.05, 4.69) is 5.32 Å². The zero-order valence-corrected chi connectivity index (χ0v) is 12.8. The van der Waals surface area contributed by atoms with E-state index >= 15 is 0 Å². The first-order chi connectivity index (χ1) is 10.9. The number of nitrogens with one attached hydrogen (secondary N) is 1. The number of carboxylic acids is 1. The van der Waals surface area contributed by atoms with Crippen molar-refractivity contribution in [2.45, 2.75) is 50.5 Å². The average molecular weight is 320 g/mol. The second-order valence-electron chi connectivity index (χ2n) is 5.95. The number of carboxylic acid groups (broad SMARTS) is 1. The lowest BCUT2D eigenvalue weighted by atomic mass is 9.90. The molecule has 1 aliphatic rings. The van der Waals surface area contributed by atoms with Crippen LogP contribution in [0.1, 0.15) is 44.1 Å². The number of amides is 1. The van der Waals surface area contributed by atoms with Gasteiger partial charge in [0.2, 0.25) is 5.91 Å². The van der Waals surface area contributed by atoms with Crippen LogP contribution in [0.5, 0.6) is 0 Å². The van der Waals surface area contributed by atoms with Crippen LogP contribution in [0.15, 0.2) is 24.3 Å². The van der Waals surface area contributed by atoms with E-state index in [4.69, 9.17) is 0 Å². The van der Waals surface area contributed by atoms with Crippen molar-refractivity contribution in [2.75, 3.05) is 0 Å². The predicted octanol–water partition coefficient (Wildman–Crippen LogP) is 2.43. The molecule has 0 unspecified atom stereocenters. The minimum atomic E-state index is -1.21. The zero-order chi connectivity index (χ0) is 16.9. The molecule has 0 bridgehead atoms. The Labute approximate surface area is 133 Å². The van der Waals surface area contributed by atoms with Gasteiger partial charge in [0.1, 0.15) is 5.54 Å². The van der Waals surface area contributed by atoms with E-state index in [1.165, 1.54) is 18.2 Å². The normalized spacial score (nSPS) is 17.0. The maximum absolute atomic E-state index is 12.2. The van der Waals surface area contributed by atoms with Crippen LogP contribution in [0.3, 0.4) is 0 Å². The topological polar surface area (TPSA) is 110 Å². The summed E-state index contributed by atoms with van der Waals surface area (Å²) in [6.45, 7) is 0. The Bertz CT molecular complexity index is 606. The fourth-order valence-electron chi connectivity index (χ4n) is 3.00. The fourth-order valence-corrected chi connectivity index (χ4v) is 3.00. The summed E-state index contributed by atoms with van der Waals surface area (Å²) in [4.78, 5) is 34.1. The van der Waals surface area contributed by atoms with E-state index in [-0.39, 0.29) is 12.1 Å². The molecule has 2 N–H and O–H groups in total. The van der Waals surface area contributed by atoms with Crippen LogP contribution in [0.2, 0.25) is 0 Å². The smallest absolute Gasteiger partial charge is 0.329 e. The first-order valence-electron chi connectivity index (χ1n) is 7.71. The number of aliphatic carboxylic acids is 1. The highest BCUT2D eigenvalue weighted by molar-refractivity contribution is 5.88. The number of nitro groups is 1. The number of nitrogens with zero attached hydrogens (tertiary/aromatic N) is 1. The van der Waals surface area contributed by atoms with Gasteiger partial charge in [-0.1, -0.05) is 37.8 Å². The highest BCUT2D eigenvalue weighted by atomic mass is 16.6. The monoisotopic (exact) mass is 320 g/mol. The second-order valence-corrected chi connectivity index (χ2v) is 5.95. The van der Waals surface area contributed by atoms with Crippen molar-refractivity contribution in [3.8, 4) is 0 Å². The summed E-state index contributed by atoms with van der Waals surface area (Å²) in [5.41, 5.74) is -0.808. The number of nitro benzene ring substituents is 1. The molecular formula is C16H20N2O5. The molecule has 1 fully saturated rings. The van der Waals surface area contributed by atoms with Gasteiger partial charge >= 0.3 is 5.97 Å². The minimum absolute atomic E-state index is 0.0727. The summed E-state index contributed by atoms with van der Waals surface area (Å²) in [6, 6.07) is 5.82. The van der Waals surface area contributed by atoms with Crippen LogP contribution in [0, 0.1) is 10.1 Å². The summed E-state index contributed by atoms with van der Waals surface area (Å²) >= 11 is 0. The van der Waals surface area contributed by atoms with Gasteiger partial charge in [-0.15, -0.1) is 0 Å². The average Bonchev–Trinajstić information content (AvgIpc) is 2.74. The number of hydrogen-bond acceptors (Lipinski definition) is 4. The van der Waals surface area contributed by atoms with Crippen molar-refractivity contribution in [2.24, 2.45) is 0 Å². The minimum Gasteiger partial charge on any atom is -0.480 e. The number of carbonyl (C=O) groups excluding carboxylic acids is 1. The van der Waals surface area contributed by atoms with Crippen LogP contribution in [-0.2, 0) is 16.0 Å². The van der Waals surface area contributed by atoms with Crippen LogP contribution < -0.4 is 5.32 Å².